The number of aromatic nitrogens is 2. The van der Waals surface area contributed by atoms with Crippen LogP contribution in [-0.2, 0) is 18.4 Å². The smallest absolute Gasteiger partial charge is 0.247 e. The molecule has 0 spiro atoms. The summed E-state index contributed by atoms with van der Waals surface area (Å²) in [5.41, 5.74) is 2.84. The third-order valence-corrected chi connectivity index (χ3v) is 6.40. The van der Waals surface area contributed by atoms with Gasteiger partial charge in [0, 0.05) is 5.41 Å². The Morgan fingerprint density at radius 2 is 1.59 bits per heavy atom. The van der Waals surface area contributed by atoms with Crippen molar-refractivity contribution >= 4 is 0 Å². The second-order valence-electron chi connectivity index (χ2n) is 8.51. The summed E-state index contributed by atoms with van der Waals surface area (Å²) in [6, 6.07) is 22.0. The Kier molecular flexibility index (Phi) is 7.69. The van der Waals surface area contributed by atoms with Crippen molar-refractivity contribution in [1.82, 2.24) is 4.98 Å². The summed E-state index contributed by atoms with van der Waals surface area (Å²) in [6.07, 6.45) is 11.7. The third kappa shape index (κ3) is 5.18. The second-order valence-corrected chi connectivity index (χ2v) is 8.51. The van der Waals surface area contributed by atoms with Gasteiger partial charge in [-0.15, -0.1) is 0 Å². The van der Waals surface area contributed by atoms with Crippen LogP contribution < -0.4 is 4.57 Å². The summed E-state index contributed by atoms with van der Waals surface area (Å²) >= 11 is 0. The summed E-state index contributed by atoms with van der Waals surface area (Å²) in [5.74, 6) is 1.79. The van der Waals surface area contributed by atoms with Gasteiger partial charge < -0.3 is 0 Å². The Morgan fingerprint density at radius 3 is 2.24 bits per heavy atom. The molecule has 0 aliphatic rings. The summed E-state index contributed by atoms with van der Waals surface area (Å²) in [5, 5.41) is 0. The van der Waals surface area contributed by atoms with E-state index in [4.69, 9.17) is 0 Å². The minimum Gasteiger partial charge on any atom is -0.247 e. The zero-order chi connectivity index (χ0) is 20.5. The number of benzene rings is 2. The number of unbranched alkanes of at least 4 members (excludes halogenated alkanes) is 3. The maximum absolute atomic E-state index is 3.62. The van der Waals surface area contributed by atoms with E-state index in [2.05, 4.69) is 103 Å². The Bertz CT molecular complexity index is 837. The maximum atomic E-state index is 3.62. The standard InChI is InChI=1S/C27H36N2/c1-4-6-7-14-20-29-21-19-28-26(29)25(5-2)27(3,24-17-12-9-13-18-24)22-23-15-10-8-11-16-23/h8-13,15-19,21,25H,4-7,14,20,22H2,1-3H3/p+1. The quantitative estimate of drug-likeness (QED) is 0.282. The minimum absolute atomic E-state index is 0.0212. The number of hydrogen-bond donors (Lipinski definition) is 1. The molecule has 0 saturated heterocycles. The molecule has 0 amide bonds. The molecule has 0 bridgehead atoms. The highest BCUT2D eigenvalue weighted by molar-refractivity contribution is 5.32. The van der Waals surface area contributed by atoms with Crippen molar-refractivity contribution in [3.8, 4) is 0 Å². The van der Waals surface area contributed by atoms with Crippen molar-refractivity contribution in [3.63, 3.8) is 0 Å². The van der Waals surface area contributed by atoms with Crippen LogP contribution in [0.25, 0.3) is 0 Å². The fraction of sp³-hybridized carbons (Fsp3) is 0.444. The van der Waals surface area contributed by atoms with Gasteiger partial charge in [0.2, 0.25) is 0 Å². The van der Waals surface area contributed by atoms with E-state index in [1.54, 1.807) is 0 Å². The van der Waals surface area contributed by atoms with Gasteiger partial charge in [0.15, 0.2) is 0 Å². The van der Waals surface area contributed by atoms with E-state index >= 15 is 0 Å². The van der Waals surface area contributed by atoms with Crippen LogP contribution in [0.2, 0.25) is 0 Å². The van der Waals surface area contributed by atoms with E-state index in [1.165, 1.54) is 42.6 Å². The van der Waals surface area contributed by atoms with Gasteiger partial charge >= 0.3 is 0 Å². The predicted octanol–water partition coefficient (Wildman–Crippen LogP) is 6.58. The monoisotopic (exact) mass is 389 g/mol. The topological polar surface area (TPSA) is 19.7 Å². The van der Waals surface area contributed by atoms with E-state index in [1.807, 2.05) is 0 Å². The highest BCUT2D eigenvalue weighted by atomic mass is 15.1. The first-order valence-electron chi connectivity index (χ1n) is 11.3. The molecule has 2 atom stereocenters. The molecule has 0 radical (unpaired) electrons. The summed E-state index contributed by atoms with van der Waals surface area (Å²) in [6.45, 7) is 8.16. The lowest BCUT2D eigenvalue weighted by atomic mass is 9.66. The van der Waals surface area contributed by atoms with Gasteiger partial charge in [0.25, 0.3) is 5.82 Å². The van der Waals surface area contributed by atoms with E-state index in [9.17, 15) is 0 Å². The maximum Gasteiger partial charge on any atom is 0.258 e. The zero-order valence-electron chi connectivity index (χ0n) is 18.4. The molecule has 1 N–H and O–H groups in total. The molecule has 29 heavy (non-hydrogen) atoms. The van der Waals surface area contributed by atoms with E-state index in [0.717, 1.165) is 19.4 Å². The number of hydrogen-bond acceptors (Lipinski definition) is 0. The molecule has 0 aliphatic carbocycles. The van der Waals surface area contributed by atoms with Crippen molar-refractivity contribution in [3.05, 3.63) is 90.0 Å². The van der Waals surface area contributed by atoms with Crippen molar-refractivity contribution in [2.45, 2.75) is 77.2 Å². The first-order chi connectivity index (χ1) is 14.2. The molecule has 2 nitrogen and oxygen atoms in total. The lowest BCUT2D eigenvalue weighted by molar-refractivity contribution is -0.705. The molecule has 2 heteroatoms. The predicted molar refractivity (Wildman–Crippen MR) is 122 cm³/mol. The molecule has 3 aromatic rings. The zero-order valence-corrected chi connectivity index (χ0v) is 18.4. The fourth-order valence-electron chi connectivity index (χ4n) is 4.79. The molecule has 2 unspecified atom stereocenters. The van der Waals surface area contributed by atoms with E-state index in [-0.39, 0.29) is 5.41 Å². The molecular weight excluding hydrogens is 352 g/mol. The van der Waals surface area contributed by atoms with Crippen molar-refractivity contribution in [2.75, 3.05) is 0 Å². The molecule has 0 fully saturated rings. The van der Waals surface area contributed by atoms with Gasteiger partial charge in [-0.3, -0.25) is 0 Å². The van der Waals surface area contributed by atoms with Crippen LogP contribution in [0.1, 0.15) is 75.7 Å². The van der Waals surface area contributed by atoms with Gasteiger partial charge in [-0.1, -0.05) is 94.3 Å². The van der Waals surface area contributed by atoms with E-state index < -0.39 is 0 Å². The minimum atomic E-state index is 0.0212. The van der Waals surface area contributed by atoms with Crippen LogP contribution in [0.3, 0.4) is 0 Å². The Morgan fingerprint density at radius 1 is 0.897 bits per heavy atom. The van der Waals surface area contributed by atoms with Crippen LogP contribution in [-0.4, -0.2) is 4.98 Å². The summed E-state index contributed by atoms with van der Waals surface area (Å²) in [4.78, 5) is 3.62. The number of nitrogens with one attached hydrogen (secondary N) is 1. The highest BCUT2D eigenvalue weighted by Gasteiger charge is 2.41. The third-order valence-electron chi connectivity index (χ3n) is 6.40. The fourth-order valence-corrected chi connectivity index (χ4v) is 4.79. The number of H-pyrrole nitrogens is 1. The number of rotatable bonds is 11. The molecule has 1 heterocycles. The molecule has 0 aliphatic heterocycles. The van der Waals surface area contributed by atoms with Gasteiger partial charge in [0.1, 0.15) is 12.4 Å². The van der Waals surface area contributed by atoms with Crippen LogP contribution in [0, 0.1) is 0 Å². The lowest BCUT2D eigenvalue weighted by Crippen LogP contribution is -2.43. The van der Waals surface area contributed by atoms with Crippen LogP contribution in [0.4, 0.5) is 0 Å². The molecule has 2 aromatic carbocycles. The van der Waals surface area contributed by atoms with Crippen molar-refractivity contribution in [2.24, 2.45) is 0 Å². The molecule has 154 valence electrons. The van der Waals surface area contributed by atoms with Crippen molar-refractivity contribution < 1.29 is 4.57 Å². The number of imidazole rings is 1. The SMILES string of the molecule is CCCCCC[n+]1cc[nH]c1C(CC)C(C)(Cc1ccccc1)c1ccccc1. The van der Waals surface area contributed by atoms with Crippen LogP contribution in [0.5, 0.6) is 0 Å². The lowest BCUT2D eigenvalue weighted by Gasteiger charge is -2.36. The van der Waals surface area contributed by atoms with Crippen LogP contribution in [0.15, 0.2) is 73.1 Å². The Hall–Kier alpha value is -2.35. The Labute approximate surface area is 177 Å². The van der Waals surface area contributed by atoms with Gasteiger partial charge in [0.05, 0.1) is 12.5 Å². The molecular formula is C27H37N2+. The average Bonchev–Trinajstić information content (AvgIpc) is 3.21. The van der Waals surface area contributed by atoms with Gasteiger partial charge in [-0.25, -0.2) is 9.55 Å². The van der Waals surface area contributed by atoms with Crippen molar-refractivity contribution in [1.29, 1.82) is 0 Å². The van der Waals surface area contributed by atoms with Gasteiger partial charge in [-0.05, 0) is 36.8 Å². The number of aromatic amines is 1. The average molecular weight is 390 g/mol. The second kappa shape index (κ2) is 10.4. The summed E-state index contributed by atoms with van der Waals surface area (Å²) < 4.78 is 2.47. The van der Waals surface area contributed by atoms with Crippen LogP contribution >= 0.6 is 0 Å². The number of nitrogens with zero attached hydrogens (tertiary/aromatic N) is 1. The first-order valence-corrected chi connectivity index (χ1v) is 11.3. The largest absolute Gasteiger partial charge is 0.258 e. The first kappa shape index (κ1) is 21.4. The molecule has 1 aromatic heterocycles. The number of aryl methyl sites for hydroxylation is 1. The molecule has 3 rings (SSSR count). The highest BCUT2D eigenvalue weighted by Crippen LogP contribution is 2.42. The molecule has 0 saturated carbocycles. The summed E-state index contributed by atoms with van der Waals surface area (Å²) in [7, 11) is 0. The normalized spacial score (nSPS) is 14.4. The Balaban J connectivity index is 1.95. The van der Waals surface area contributed by atoms with E-state index in [0.29, 0.717) is 5.92 Å². The van der Waals surface area contributed by atoms with Gasteiger partial charge in [-0.2, -0.15) is 0 Å².